The standard InChI is InChI=1S/C9H10ClFN4/c1-14-9(11)8(3-13-14)15-4-6(10)2-7(12)5-15/h2-4H,5,12H2,1H3. The van der Waals surface area contributed by atoms with Crippen LogP contribution in [0.5, 0.6) is 0 Å². The Morgan fingerprint density at radius 2 is 2.33 bits per heavy atom. The molecule has 0 radical (unpaired) electrons. The zero-order valence-corrected chi connectivity index (χ0v) is 8.87. The molecule has 0 atom stereocenters. The highest BCUT2D eigenvalue weighted by atomic mass is 35.5. The Balaban J connectivity index is 2.34. The zero-order valence-electron chi connectivity index (χ0n) is 8.11. The Morgan fingerprint density at radius 1 is 1.60 bits per heavy atom. The van der Waals surface area contributed by atoms with Gasteiger partial charge < -0.3 is 10.6 Å². The minimum atomic E-state index is -0.412. The first-order valence-electron chi connectivity index (χ1n) is 4.35. The van der Waals surface area contributed by atoms with Crippen LogP contribution < -0.4 is 10.6 Å². The van der Waals surface area contributed by atoms with E-state index in [0.29, 0.717) is 23.0 Å². The maximum atomic E-state index is 13.5. The van der Waals surface area contributed by atoms with Gasteiger partial charge in [-0.05, 0) is 6.08 Å². The topological polar surface area (TPSA) is 47.1 Å². The lowest BCUT2D eigenvalue weighted by Crippen LogP contribution is -2.26. The van der Waals surface area contributed by atoms with E-state index in [9.17, 15) is 4.39 Å². The number of hydrogen-bond acceptors (Lipinski definition) is 3. The summed E-state index contributed by atoms with van der Waals surface area (Å²) in [7, 11) is 1.54. The van der Waals surface area contributed by atoms with E-state index in [1.54, 1.807) is 17.2 Å². The van der Waals surface area contributed by atoms with Gasteiger partial charge in [0.2, 0.25) is 5.95 Å². The Bertz CT molecular complexity index is 449. The smallest absolute Gasteiger partial charge is 0.235 e. The Labute approximate surface area is 91.4 Å². The number of halogens is 2. The van der Waals surface area contributed by atoms with Crippen molar-refractivity contribution in [3.05, 3.63) is 35.1 Å². The van der Waals surface area contributed by atoms with Crippen molar-refractivity contribution >= 4 is 17.3 Å². The molecular weight excluding hydrogens is 219 g/mol. The molecular formula is C9H10ClFN4. The van der Waals surface area contributed by atoms with Gasteiger partial charge in [-0.25, -0.2) is 4.68 Å². The molecule has 0 fully saturated rings. The average molecular weight is 229 g/mol. The lowest BCUT2D eigenvalue weighted by molar-refractivity contribution is 0.504. The summed E-state index contributed by atoms with van der Waals surface area (Å²) in [5.41, 5.74) is 6.61. The summed E-state index contributed by atoms with van der Waals surface area (Å²) in [5.74, 6) is -0.412. The highest BCUT2D eigenvalue weighted by Gasteiger charge is 2.17. The maximum Gasteiger partial charge on any atom is 0.235 e. The van der Waals surface area contributed by atoms with Gasteiger partial charge in [0, 0.05) is 18.9 Å². The molecule has 2 heterocycles. The molecule has 0 unspecified atom stereocenters. The molecule has 0 bridgehead atoms. The minimum Gasteiger partial charge on any atom is -0.401 e. The number of anilines is 1. The fraction of sp³-hybridized carbons (Fsp3) is 0.222. The Morgan fingerprint density at radius 3 is 2.87 bits per heavy atom. The van der Waals surface area contributed by atoms with Gasteiger partial charge in [0.1, 0.15) is 5.69 Å². The van der Waals surface area contributed by atoms with Crippen molar-refractivity contribution in [2.75, 3.05) is 11.4 Å². The van der Waals surface area contributed by atoms with Gasteiger partial charge in [-0.3, -0.25) is 0 Å². The van der Waals surface area contributed by atoms with Crippen molar-refractivity contribution in [2.45, 2.75) is 0 Å². The van der Waals surface area contributed by atoms with E-state index in [4.69, 9.17) is 17.3 Å². The lowest BCUT2D eigenvalue weighted by Gasteiger charge is -2.22. The quantitative estimate of drug-likeness (QED) is 0.788. The van der Waals surface area contributed by atoms with E-state index in [0.717, 1.165) is 4.68 Å². The molecule has 1 aliphatic heterocycles. The molecule has 1 aromatic heterocycles. The zero-order chi connectivity index (χ0) is 11.0. The molecule has 1 aliphatic rings. The molecule has 15 heavy (non-hydrogen) atoms. The molecule has 0 aliphatic carbocycles. The van der Waals surface area contributed by atoms with Gasteiger partial charge in [-0.15, -0.1) is 0 Å². The number of aryl methyl sites for hydroxylation is 1. The van der Waals surface area contributed by atoms with Gasteiger partial charge >= 0.3 is 0 Å². The monoisotopic (exact) mass is 228 g/mol. The van der Waals surface area contributed by atoms with Crippen LogP contribution in [-0.2, 0) is 7.05 Å². The van der Waals surface area contributed by atoms with E-state index < -0.39 is 5.95 Å². The summed E-state index contributed by atoms with van der Waals surface area (Å²) in [6.45, 7) is 0.416. The minimum absolute atomic E-state index is 0.367. The molecule has 1 aromatic rings. The van der Waals surface area contributed by atoms with Crippen molar-refractivity contribution in [3.63, 3.8) is 0 Å². The first kappa shape index (κ1) is 10.0. The summed E-state index contributed by atoms with van der Waals surface area (Å²) in [4.78, 5) is 1.62. The van der Waals surface area contributed by atoms with Crippen LogP contribution in [0.1, 0.15) is 0 Å². The lowest BCUT2D eigenvalue weighted by atomic mass is 10.3. The molecule has 4 nitrogen and oxygen atoms in total. The van der Waals surface area contributed by atoms with Crippen LogP contribution in [0.3, 0.4) is 0 Å². The van der Waals surface area contributed by atoms with E-state index in [1.165, 1.54) is 13.2 Å². The fourth-order valence-corrected chi connectivity index (χ4v) is 1.67. The summed E-state index contributed by atoms with van der Waals surface area (Å²) in [5, 5.41) is 4.28. The van der Waals surface area contributed by atoms with Crippen LogP contribution in [0.2, 0.25) is 0 Å². The number of hydrogen-bond donors (Lipinski definition) is 1. The summed E-state index contributed by atoms with van der Waals surface area (Å²) in [6, 6.07) is 0. The molecule has 0 saturated carbocycles. The number of allylic oxidation sites excluding steroid dienone is 2. The molecule has 2 N–H and O–H groups in total. The second-order valence-corrected chi connectivity index (χ2v) is 3.74. The number of aromatic nitrogens is 2. The first-order chi connectivity index (χ1) is 7.08. The highest BCUT2D eigenvalue weighted by molar-refractivity contribution is 6.31. The van der Waals surface area contributed by atoms with Crippen LogP contribution in [0, 0.1) is 5.95 Å². The van der Waals surface area contributed by atoms with Crippen molar-refractivity contribution < 1.29 is 4.39 Å². The summed E-state index contributed by atoms with van der Waals surface area (Å²) in [6.07, 6.45) is 4.71. The number of nitrogens with zero attached hydrogens (tertiary/aromatic N) is 3. The van der Waals surface area contributed by atoms with Crippen LogP contribution in [0.15, 0.2) is 29.2 Å². The average Bonchev–Trinajstić information content (AvgIpc) is 2.46. The van der Waals surface area contributed by atoms with Crippen LogP contribution in [0.25, 0.3) is 0 Å². The van der Waals surface area contributed by atoms with Crippen LogP contribution >= 0.6 is 11.6 Å². The van der Waals surface area contributed by atoms with Crippen molar-refractivity contribution in [2.24, 2.45) is 12.8 Å². The number of nitrogens with two attached hydrogens (primary N) is 1. The van der Waals surface area contributed by atoms with Crippen molar-refractivity contribution in [3.8, 4) is 0 Å². The second-order valence-electron chi connectivity index (χ2n) is 3.31. The van der Waals surface area contributed by atoms with Gasteiger partial charge in [0.25, 0.3) is 0 Å². The predicted octanol–water partition coefficient (Wildman–Crippen LogP) is 1.30. The van der Waals surface area contributed by atoms with E-state index in [1.807, 2.05) is 0 Å². The second kappa shape index (κ2) is 3.58. The van der Waals surface area contributed by atoms with E-state index >= 15 is 0 Å². The molecule has 2 rings (SSSR count). The summed E-state index contributed by atoms with van der Waals surface area (Å²) >= 11 is 5.83. The Kier molecular flexibility index (Phi) is 2.40. The fourth-order valence-electron chi connectivity index (χ4n) is 1.41. The largest absolute Gasteiger partial charge is 0.401 e. The van der Waals surface area contributed by atoms with Gasteiger partial charge in [-0.2, -0.15) is 9.49 Å². The predicted molar refractivity (Wildman–Crippen MR) is 56.7 cm³/mol. The van der Waals surface area contributed by atoms with Gasteiger partial charge in [-0.1, -0.05) is 11.6 Å². The third kappa shape index (κ3) is 1.83. The van der Waals surface area contributed by atoms with Crippen LogP contribution in [-0.4, -0.2) is 16.3 Å². The normalized spacial score (nSPS) is 16.3. The highest BCUT2D eigenvalue weighted by Crippen LogP contribution is 2.23. The van der Waals surface area contributed by atoms with Crippen molar-refractivity contribution in [1.82, 2.24) is 9.78 Å². The van der Waals surface area contributed by atoms with E-state index in [-0.39, 0.29) is 0 Å². The van der Waals surface area contributed by atoms with Crippen LogP contribution in [0.4, 0.5) is 10.1 Å². The molecule has 0 saturated heterocycles. The molecule has 6 heteroatoms. The maximum absolute atomic E-state index is 13.5. The molecule has 80 valence electrons. The van der Waals surface area contributed by atoms with E-state index in [2.05, 4.69) is 5.10 Å². The molecule has 0 amide bonds. The summed E-state index contributed by atoms with van der Waals surface area (Å²) < 4.78 is 14.7. The van der Waals surface area contributed by atoms with Gasteiger partial charge in [0.15, 0.2) is 0 Å². The molecule has 0 spiro atoms. The third-order valence-corrected chi connectivity index (χ3v) is 2.32. The molecule has 0 aromatic carbocycles. The Hall–Kier alpha value is -1.49. The SMILES string of the molecule is Cn1ncc(N2C=C(Cl)C=C(N)C2)c1F. The third-order valence-electron chi connectivity index (χ3n) is 2.11. The van der Waals surface area contributed by atoms with Gasteiger partial charge in [0.05, 0.1) is 17.8 Å². The number of rotatable bonds is 1. The van der Waals surface area contributed by atoms with Crippen molar-refractivity contribution in [1.29, 1.82) is 0 Å². The first-order valence-corrected chi connectivity index (χ1v) is 4.73.